The number of carbonyl (C=O) groups excluding carboxylic acids is 3. The van der Waals surface area contributed by atoms with Crippen molar-refractivity contribution >= 4 is 69.1 Å². The molecule has 2 aromatic heterocycles. The molecule has 24 nitrogen and oxygen atoms in total. The van der Waals surface area contributed by atoms with Gasteiger partial charge in [0.1, 0.15) is 36.3 Å². The number of unbranched alkanes of at least 4 members (excludes halogenated alkanes) is 2. The van der Waals surface area contributed by atoms with E-state index >= 15 is 0 Å². The van der Waals surface area contributed by atoms with Gasteiger partial charge in [0.05, 0.1) is 19.5 Å². The SMILES string of the molecule is CCCC/C=C/CC(=O)SCCNC(=O)CCNC(=O)C(O)C(C)(C)COP(=O)(O)OP(=O)(O)OC[C@H]1O[C@@H](n2cnc3c(N)ncnc32)[C@H](O)[C@@H]1OP(=O)(O)O. The second-order valence-electron chi connectivity index (χ2n) is 13.1. The number of fused-ring (bicyclic) bond motifs is 1. The number of nitrogens with one attached hydrogen (secondary N) is 2. The second kappa shape index (κ2) is 21.5. The minimum absolute atomic E-state index is 0.0311. The van der Waals surface area contributed by atoms with Crippen molar-refractivity contribution < 1.29 is 80.5 Å². The predicted molar refractivity (Wildman–Crippen MR) is 200 cm³/mol. The molecule has 322 valence electrons. The van der Waals surface area contributed by atoms with Crippen LogP contribution in [0.25, 0.3) is 11.2 Å². The van der Waals surface area contributed by atoms with Crippen molar-refractivity contribution in [3.63, 3.8) is 0 Å². The Morgan fingerprint density at radius 2 is 1.77 bits per heavy atom. The van der Waals surface area contributed by atoms with Crippen molar-refractivity contribution in [1.82, 2.24) is 30.2 Å². The number of amides is 2. The summed E-state index contributed by atoms with van der Waals surface area (Å²) in [7, 11) is -16.4. The van der Waals surface area contributed by atoms with Crippen LogP contribution in [-0.2, 0) is 50.7 Å². The zero-order chi connectivity index (χ0) is 42.6. The van der Waals surface area contributed by atoms with E-state index in [0.29, 0.717) is 12.2 Å². The van der Waals surface area contributed by atoms with Crippen LogP contribution in [0.15, 0.2) is 24.8 Å². The first-order valence-electron chi connectivity index (χ1n) is 17.3. The number of nitrogens with two attached hydrogens (primary N) is 1. The lowest BCUT2D eigenvalue weighted by Gasteiger charge is -2.30. The number of anilines is 1. The summed E-state index contributed by atoms with van der Waals surface area (Å²) in [5, 5.41) is 26.4. The maximum Gasteiger partial charge on any atom is 0.481 e. The number of thioether (sulfide) groups is 1. The normalized spacial score (nSPS) is 21.6. The van der Waals surface area contributed by atoms with Gasteiger partial charge in [-0.15, -0.1) is 0 Å². The Kier molecular flexibility index (Phi) is 18.4. The Morgan fingerprint density at radius 3 is 2.46 bits per heavy atom. The molecule has 0 spiro atoms. The van der Waals surface area contributed by atoms with Gasteiger partial charge in [0, 0.05) is 37.1 Å². The van der Waals surface area contributed by atoms with Crippen molar-refractivity contribution in [1.29, 1.82) is 0 Å². The average molecular weight is 892 g/mol. The van der Waals surface area contributed by atoms with Gasteiger partial charge in [-0.1, -0.05) is 57.5 Å². The van der Waals surface area contributed by atoms with E-state index in [1.807, 2.05) is 12.2 Å². The van der Waals surface area contributed by atoms with Crippen LogP contribution in [-0.4, -0.2) is 123 Å². The lowest BCUT2D eigenvalue weighted by molar-refractivity contribution is -0.137. The Balaban J connectivity index is 1.46. The number of aliphatic hydroxyl groups is 2. The summed E-state index contributed by atoms with van der Waals surface area (Å²) in [4.78, 5) is 87.5. The van der Waals surface area contributed by atoms with E-state index in [-0.39, 0.29) is 41.6 Å². The highest BCUT2D eigenvalue weighted by atomic mass is 32.2. The highest BCUT2D eigenvalue weighted by molar-refractivity contribution is 8.13. The van der Waals surface area contributed by atoms with Crippen LogP contribution in [0.5, 0.6) is 0 Å². The molecule has 1 aliphatic rings. The summed E-state index contributed by atoms with van der Waals surface area (Å²) in [6, 6.07) is 0. The first kappa shape index (κ1) is 48.7. The van der Waals surface area contributed by atoms with Crippen LogP contribution in [0.2, 0.25) is 0 Å². The van der Waals surface area contributed by atoms with Gasteiger partial charge >= 0.3 is 23.5 Å². The van der Waals surface area contributed by atoms with Crippen molar-refractivity contribution in [3.05, 3.63) is 24.8 Å². The number of hydrogen-bond donors (Lipinski definition) is 9. The summed E-state index contributed by atoms with van der Waals surface area (Å²) in [5.74, 6) is -1.09. The molecule has 3 unspecified atom stereocenters. The van der Waals surface area contributed by atoms with Crippen molar-refractivity contribution in [2.24, 2.45) is 5.41 Å². The van der Waals surface area contributed by atoms with E-state index in [1.54, 1.807) is 0 Å². The zero-order valence-corrected chi connectivity index (χ0v) is 34.6. The molecule has 3 heterocycles. The monoisotopic (exact) mass is 891 g/mol. The quantitative estimate of drug-likeness (QED) is 0.0400. The number of nitrogen functional groups attached to an aromatic ring is 1. The van der Waals surface area contributed by atoms with E-state index in [9.17, 15) is 57.9 Å². The largest absolute Gasteiger partial charge is 0.481 e. The minimum atomic E-state index is -5.57. The van der Waals surface area contributed by atoms with Gasteiger partial charge in [-0.05, 0) is 6.42 Å². The number of imidazole rings is 1. The Labute approximate surface area is 330 Å². The molecule has 3 rings (SSSR count). The van der Waals surface area contributed by atoms with Gasteiger partial charge in [-0.3, -0.25) is 32.5 Å². The first-order valence-corrected chi connectivity index (χ1v) is 22.8. The van der Waals surface area contributed by atoms with Crippen LogP contribution in [0, 0.1) is 5.41 Å². The molecule has 57 heavy (non-hydrogen) atoms. The molecule has 1 aliphatic heterocycles. The molecule has 2 aromatic rings. The molecule has 7 atom stereocenters. The molecule has 0 bridgehead atoms. The third-order valence-corrected chi connectivity index (χ3v) is 11.9. The van der Waals surface area contributed by atoms with Crippen LogP contribution >= 0.6 is 35.2 Å². The number of hydrogen-bond acceptors (Lipinski definition) is 18. The van der Waals surface area contributed by atoms with E-state index in [1.165, 1.54) is 13.8 Å². The molecule has 28 heteroatoms. The Bertz CT molecular complexity index is 1860. The van der Waals surface area contributed by atoms with E-state index in [2.05, 4.69) is 41.3 Å². The number of ether oxygens (including phenoxy) is 1. The summed E-state index contributed by atoms with van der Waals surface area (Å²) < 4.78 is 62.1. The zero-order valence-electron chi connectivity index (χ0n) is 31.1. The molecule has 10 N–H and O–H groups in total. The number of carbonyl (C=O) groups is 3. The second-order valence-corrected chi connectivity index (χ2v) is 18.5. The summed E-state index contributed by atoms with van der Waals surface area (Å²) in [5.41, 5.74) is 4.27. The smallest absolute Gasteiger partial charge is 0.386 e. The fraction of sp³-hybridized carbons (Fsp3) is 0.655. The molecular weight excluding hydrogens is 843 g/mol. The van der Waals surface area contributed by atoms with Crippen molar-refractivity contribution in [3.8, 4) is 0 Å². The van der Waals surface area contributed by atoms with Gasteiger partial charge in [0.25, 0.3) is 0 Å². The van der Waals surface area contributed by atoms with Crippen LogP contribution < -0.4 is 16.4 Å². The third-order valence-electron chi connectivity index (χ3n) is 7.94. The predicted octanol–water partition coefficient (Wildman–Crippen LogP) is 0.801. The number of rotatable bonds is 24. The number of phosphoric ester groups is 3. The summed E-state index contributed by atoms with van der Waals surface area (Å²) in [6.07, 6.45) is 0.204. The first-order chi connectivity index (χ1) is 26.6. The van der Waals surface area contributed by atoms with Crippen LogP contribution in [0.1, 0.15) is 59.1 Å². The molecule has 0 aromatic carbocycles. The molecule has 1 saturated heterocycles. The number of aliphatic hydroxyl groups excluding tert-OH is 2. The topological polar surface area (TPSA) is 364 Å². The van der Waals surface area contributed by atoms with Gasteiger partial charge in [0.2, 0.25) is 11.8 Å². The summed E-state index contributed by atoms with van der Waals surface area (Å²) >= 11 is 1.08. The third kappa shape index (κ3) is 15.8. The molecular formula is C29H48N7O17P3S. The van der Waals surface area contributed by atoms with Gasteiger partial charge in [-0.25, -0.2) is 28.6 Å². The van der Waals surface area contributed by atoms with Crippen LogP contribution in [0.4, 0.5) is 5.82 Å². The fourth-order valence-corrected chi connectivity index (χ4v) is 8.45. The number of aromatic nitrogens is 4. The lowest BCUT2D eigenvalue weighted by Crippen LogP contribution is -2.46. The maximum atomic E-state index is 12.7. The van der Waals surface area contributed by atoms with Gasteiger partial charge in [-0.2, -0.15) is 4.31 Å². The molecule has 2 amide bonds. The highest BCUT2D eigenvalue weighted by Gasteiger charge is 2.50. The van der Waals surface area contributed by atoms with Crippen molar-refractivity contribution in [2.45, 2.75) is 83.5 Å². The van der Waals surface area contributed by atoms with E-state index in [0.717, 1.165) is 48.2 Å². The van der Waals surface area contributed by atoms with Gasteiger partial charge in [0.15, 0.2) is 22.8 Å². The maximum absolute atomic E-state index is 12.7. The number of allylic oxidation sites excluding steroid dienone is 2. The van der Waals surface area contributed by atoms with Gasteiger partial charge < -0.3 is 50.9 Å². The number of phosphoric acid groups is 3. The Morgan fingerprint density at radius 1 is 1.07 bits per heavy atom. The summed E-state index contributed by atoms with van der Waals surface area (Å²) in [6.45, 7) is 2.59. The molecule has 0 aliphatic carbocycles. The highest BCUT2D eigenvalue weighted by Crippen LogP contribution is 2.61. The van der Waals surface area contributed by atoms with E-state index in [4.69, 9.17) is 19.5 Å². The lowest BCUT2D eigenvalue weighted by atomic mass is 9.87. The standard InChI is InChI=1S/C29H48N7O17P3S/c1-4-5-6-7-8-9-20(38)57-13-12-31-19(37)10-11-32-27(41)24(40)29(2,3)15-50-56(47,48)53-55(45,46)49-14-18-23(52-54(42,43)44)22(39)28(51-18)36-17-35-21-25(30)33-16-34-26(21)36/h7-8,16-18,22-24,28,39-40H,4-6,9-15H2,1-3H3,(H,31,37)(H,32,41)(H,45,46)(H,47,48)(H2,30,33,34)(H2,42,43,44)/b8-7+/t18-,22-,23-,24?,28-/m1/s1. The Hall–Kier alpha value is -2.70. The average Bonchev–Trinajstić information content (AvgIpc) is 3.68. The number of nitrogens with zero attached hydrogens (tertiary/aromatic N) is 4. The molecule has 0 radical (unpaired) electrons. The van der Waals surface area contributed by atoms with E-state index < -0.39 is 84.6 Å². The van der Waals surface area contributed by atoms with Crippen LogP contribution in [0.3, 0.4) is 0 Å². The fourth-order valence-electron chi connectivity index (χ4n) is 4.97. The molecule has 0 saturated carbocycles. The minimum Gasteiger partial charge on any atom is -0.386 e. The molecule has 1 fully saturated rings. The van der Waals surface area contributed by atoms with Crippen molar-refractivity contribution in [2.75, 3.05) is 37.8 Å².